The topological polar surface area (TPSA) is 87.3 Å². The molecule has 0 radical (unpaired) electrons. The molecule has 1 aromatic heterocycles. The van der Waals surface area contributed by atoms with Gasteiger partial charge in [-0.15, -0.1) is 11.3 Å². The lowest BCUT2D eigenvalue weighted by Crippen LogP contribution is -2.40. The predicted molar refractivity (Wildman–Crippen MR) is 123 cm³/mol. The summed E-state index contributed by atoms with van der Waals surface area (Å²) in [5.74, 6) is -0.910. The summed E-state index contributed by atoms with van der Waals surface area (Å²) >= 11 is 1.47. The normalized spacial score (nSPS) is 13.2. The van der Waals surface area contributed by atoms with Crippen LogP contribution in [0.2, 0.25) is 0 Å². The highest BCUT2D eigenvalue weighted by atomic mass is 32.1. The number of hydrogen-bond donors (Lipinski definition) is 3. The fourth-order valence-electron chi connectivity index (χ4n) is 4.07. The number of thiophene rings is 1. The van der Waals surface area contributed by atoms with Gasteiger partial charge in [-0.25, -0.2) is 0 Å². The van der Waals surface area contributed by atoms with Crippen molar-refractivity contribution in [1.29, 1.82) is 0 Å². The molecule has 0 bridgehead atoms. The van der Waals surface area contributed by atoms with Crippen molar-refractivity contribution in [2.24, 2.45) is 0 Å². The number of fused-ring (bicyclic) bond motifs is 2. The summed E-state index contributed by atoms with van der Waals surface area (Å²) in [6.07, 6.45) is 5.12. The van der Waals surface area contributed by atoms with Gasteiger partial charge in [0.25, 0.3) is 5.91 Å². The van der Waals surface area contributed by atoms with E-state index in [1.165, 1.54) is 18.3 Å². The molecule has 3 aromatic rings. The Labute approximate surface area is 185 Å². The molecule has 6 nitrogen and oxygen atoms in total. The summed E-state index contributed by atoms with van der Waals surface area (Å²) in [5, 5.41) is 5.67. The number of anilines is 1. The summed E-state index contributed by atoms with van der Waals surface area (Å²) in [4.78, 5) is 38.2. The molecule has 0 unspecified atom stereocenters. The van der Waals surface area contributed by atoms with Gasteiger partial charge >= 0.3 is 0 Å². The van der Waals surface area contributed by atoms with Gasteiger partial charge in [0.2, 0.25) is 11.8 Å². The first-order valence-corrected chi connectivity index (χ1v) is 11.3. The highest BCUT2D eigenvalue weighted by molar-refractivity contribution is 7.17. The van der Waals surface area contributed by atoms with E-state index in [0.29, 0.717) is 10.6 Å². The number of carbonyl (C=O) groups is 3. The first kappa shape index (κ1) is 21.1. The fourth-order valence-corrected chi connectivity index (χ4v) is 5.37. The fraction of sp³-hybridized carbons (Fsp3) is 0.292. The number of benzene rings is 2. The van der Waals surface area contributed by atoms with Crippen LogP contribution < -0.4 is 16.2 Å². The number of hydrazine groups is 1. The maximum atomic E-state index is 12.9. The van der Waals surface area contributed by atoms with Crippen LogP contribution in [0.25, 0.3) is 10.8 Å². The Morgan fingerprint density at radius 3 is 2.55 bits per heavy atom. The first-order valence-electron chi connectivity index (χ1n) is 10.5. The summed E-state index contributed by atoms with van der Waals surface area (Å²) in [6.45, 7) is 1.33. The molecule has 4 rings (SSSR count). The van der Waals surface area contributed by atoms with Gasteiger partial charge in [-0.1, -0.05) is 48.9 Å². The van der Waals surface area contributed by atoms with E-state index in [0.717, 1.165) is 58.9 Å². The van der Waals surface area contributed by atoms with Crippen LogP contribution in [0.4, 0.5) is 5.00 Å². The molecule has 2 aromatic carbocycles. The van der Waals surface area contributed by atoms with Crippen molar-refractivity contribution in [3.05, 3.63) is 64.0 Å². The first-order chi connectivity index (χ1) is 15.0. The van der Waals surface area contributed by atoms with Crippen molar-refractivity contribution >= 4 is 44.8 Å². The number of nitrogens with one attached hydrogen (secondary N) is 3. The average Bonchev–Trinajstić information content (AvgIpc) is 2.92. The van der Waals surface area contributed by atoms with Crippen molar-refractivity contribution in [3.8, 4) is 0 Å². The Balaban J connectivity index is 1.60. The standard InChI is InChI=1S/C24H25N3O3S/c1-15(28)26-27-23(30)22-19-12-3-2-4-13-20(19)31-24(22)25-21(29)14-17-10-7-9-16-8-5-6-11-18(16)17/h5-11H,2-4,12-14H2,1H3,(H,25,29)(H,26,28)(H,27,30). The summed E-state index contributed by atoms with van der Waals surface area (Å²) in [7, 11) is 0. The molecule has 3 amide bonds. The van der Waals surface area contributed by atoms with Gasteiger partial charge in [0.05, 0.1) is 12.0 Å². The molecule has 0 aliphatic heterocycles. The molecule has 31 heavy (non-hydrogen) atoms. The van der Waals surface area contributed by atoms with Gasteiger partial charge in [0.15, 0.2) is 0 Å². The van der Waals surface area contributed by atoms with Crippen LogP contribution in [0, 0.1) is 0 Å². The molecule has 1 aliphatic rings. The van der Waals surface area contributed by atoms with Crippen LogP contribution in [0.15, 0.2) is 42.5 Å². The number of aryl methyl sites for hydroxylation is 1. The molecule has 0 saturated carbocycles. The van der Waals surface area contributed by atoms with Crippen LogP contribution in [0.1, 0.15) is 52.5 Å². The van der Waals surface area contributed by atoms with Gasteiger partial charge in [0.1, 0.15) is 5.00 Å². The molecular weight excluding hydrogens is 410 g/mol. The molecule has 3 N–H and O–H groups in total. The van der Waals surface area contributed by atoms with Crippen LogP contribution >= 0.6 is 11.3 Å². The second-order valence-corrected chi connectivity index (χ2v) is 8.87. The van der Waals surface area contributed by atoms with E-state index in [1.807, 2.05) is 42.5 Å². The average molecular weight is 436 g/mol. The number of carbonyl (C=O) groups excluding carboxylic acids is 3. The summed E-state index contributed by atoms with van der Waals surface area (Å²) in [6, 6.07) is 13.9. The SMILES string of the molecule is CC(=O)NNC(=O)c1c(NC(=O)Cc2cccc3ccccc23)sc2c1CCCCC2. The zero-order valence-corrected chi connectivity index (χ0v) is 18.2. The van der Waals surface area contributed by atoms with Crippen molar-refractivity contribution < 1.29 is 14.4 Å². The smallest absolute Gasteiger partial charge is 0.272 e. The van der Waals surface area contributed by atoms with E-state index in [9.17, 15) is 14.4 Å². The Hall–Kier alpha value is -3.19. The van der Waals surface area contributed by atoms with Crippen molar-refractivity contribution in [2.45, 2.75) is 45.4 Å². The number of hydrogen-bond acceptors (Lipinski definition) is 4. The van der Waals surface area contributed by atoms with Crippen molar-refractivity contribution in [3.63, 3.8) is 0 Å². The largest absolute Gasteiger partial charge is 0.317 e. The lowest BCUT2D eigenvalue weighted by molar-refractivity contribution is -0.119. The summed E-state index contributed by atoms with van der Waals surface area (Å²) in [5.41, 5.74) is 7.22. The molecular formula is C24H25N3O3S. The molecule has 7 heteroatoms. The Morgan fingerprint density at radius 1 is 0.935 bits per heavy atom. The van der Waals surface area contributed by atoms with E-state index in [-0.39, 0.29) is 18.2 Å². The van der Waals surface area contributed by atoms with E-state index in [1.54, 1.807) is 0 Å². The van der Waals surface area contributed by atoms with Crippen LogP contribution in [-0.2, 0) is 28.9 Å². The number of amides is 3. The summed E-state index contributed by atoms with van der Waals surface area (Å²) < 4.78 is 0. The third-order valence-electron chi connectivity index (χ3n) is 5.48. The Morgan fingerprint density at radius 2 is 1.71 bits per heavy atom. The van der Waals surface area contributed by atoms with Gasteiger partial charge in [-0.05, 0) is 47.6 Å². The van der Waals surface area contributed by atoms with E-state index in [2.05, 4.69) is 16.2 Å². The van der Waals surface area contributed by atoms with Crippen molar-refractivity contribution in [2.75, 3.05) is 5.32 Å². The molecule has 1 heterocycles. The lowest BCUT2D eigenvalue weighted by Gasteiger charge is -2.11. The lowest BCUT2D eigenvalue weighted by atomic mass is 10.0. The van der Waals surface area contributed by atoms with Crippen LogP contribution in [0.5, 0.6) is 0 Å². The molecule has 0 fully saturated rings. The second-order valence-electron chi connectivity index (χ2n) is 7.77. The van der Waals surface area contributed by atoms with E-state index in [4.69, 9.17) is 0 Å². The van der Waals surface area contributed by atoms with Gasteiger partial charge < -0.3 is 5.32 Å². The molecule has 1 aliphatic carbocycles. The maximum absolute atomic E-state index is 12.9. The van der Waals surface area contributed by atoms with E-state index >= 15 is 0 Å². The van der Waals surface area contributed by atoms with E-state index < -0.39 is 5.91 Å². The molecule has 0 spiro atoms. The quantitative estimate of drug-likeness (QED) is 0.425. The predicted octanol–water partition coefficient (Wildman–Crippen LogP) is 4.13. The maximum Gasteiger partial charge on any atom is 0.272 e. The minimum Gasteiger partial charge on any atom is -0.317 e. The van der Waals surface area contributed by atoms with Crippen molar-refractivity contribution in [1.82, 2.24) is 10.9 Å². The minimum absolute atomic E-state index is 0.165. The third-order valence-corrected chi connectivity index (χ3v) is 6.69. The minimum atomic E-state index is -0.393. The Bertz CT molecular complexity index is 1150. The van der Waals surface area contributed by atoms with Gasteiger partial charge in [-0.3, -0.25) is 25.2 Å². The van der Waals surface area contributed by atoms with Crippen LogP contribution in [0.3, 0.4) is 0 Å². The monoisotopic (exact) mass is 435 g/mol. The zero-order valence-electron chi connectivity index (χ0n) is 17.4. The molecule has 0 atom stereocenters. The zero-order chi connectivity index (χ0) is 21.8. The van der Waals surface area contributed by atoms with Crippen LogP contribution in [-0.4, -0.2) is 17.7 Å². The number of rotatable bonds is 4. The van der Waals surface area contributed by atoms with Gasteiger partial charge in [-0.2, -0.15) is 0 Å². The second kappa shape index (κ2) is 9.31. The van der Waals surface area contributed by atoms with Gasteiger partial charge in [0, 0.05) is 11.8 Å². The molecule has 160 valence electrons. The Kier molecular flexibility index (Phi) is 6.32. The molecule has 0 saturated heterocycles. The highest BCUT2D eigenvalue weighted by Gasteiger charge is 2.26. The third kappa shape index (κ3) is 4.77. The highest BCUT2D eigenvalue weighted by Crippen LogP contribution is 2.37.